The first kappa shape index (κ1) is 45.7. The molecular formula is C51H55FN4O8. The molecule has 2 amide bonds. The number of nitrogens with one attached hydrogen (secondary N) is 1. The van der Waals surface area contributed by atoms with Crippen molar-refractivity contribution in [3.8, 4) is 17.6 Å². The van der Waals surface area contributed by atoms with Gasteiger partial charge in [0.15, 0.2) is 0 Å². The lowest BCUT2D eigenvalue weighted by Gasteiger charge is -2.60. The molecule has 0 spiro atoms. The van der Waals surface area contributed by atoms with Gasteiger partial charge in [0.1, 0.15) is 30.5 Å². The van der Waals surface area contributed by atoms with Gasteiger partial charge in [0.05, 0.1) is 29.9 Å². The summed E-state index contributed by atoms with van der Waals surface area (Å²) in [6.45, 7) is 4.44. The van der Waals surface area contributed by atoms with Crippen molar-refractivity contribution < 1.29 is 43.2 Å². The maximum atomic E-state index is 15.1. The average molecular weight is 871 g/mol. The maximum absolute atomic E-state index is 15.1. The number of allylic oxidation sites excluding steroid dienone is 1. The van der Waals surface area contributed by atoms with E-state index in [1.165, 1.54) is 19.2 Å². The SMILES string of the molecule is C=CCOC12Oc3ccc(OC(=O)NCc4ccccc4)cc3C3C(CCCCO)C(CCCCO)C=C(C(=NOC)CC1N(Cc1ccc(F)cc1)C(=O)c1ccc(C#N)cc1)C32. The minimum absolute atomic E-state index is 0.0162. The molecule has 3 N–H and O–H groups in total. The van der Waals surface area contributed by atoms with E-state index in [9.17, 15) is 24.7 Å². The summed E-state index contributed by atoms with van der Waals surface area (Å²) in [5.74, 6) is -2.66. The van der Waals surface area contributed by atoms with Gasteiger partial charge in [0.2, 0.25) is 5.79 Å². The summed E-state index contributed by atoms with van der Waals surface area (Å²) in [7, 11) is 1.48. The number of aliphatic hydroxyl groups excluding tert-OH is 2. The molecule has 12 nitrogen and oxygen atoms in total. The lowest BCUT2D eigenvalue weighted by atomic mass is 9.55. The number of carbonyl (C=O) groups is 2. The van der Waals surface area contributed by atoms with Gasteiger partial charge in [-0.1, -0.05) is 72.6 Å². The molecule has 1 heterocycles. The van der Waals surface area contributed by atoms with E-state index >= 15 is 4.79 Å². The van der Waals surface area contributed by atoms with Crippen LogP contribution in [-0.4, -0.2) is 71.6 Å². The Balaban J connectivity index is 1.41. The summed E-state index contributed by atoms with van der Waals surface area (Å²) in [5, 5.41) is 36.9. The van der Waals surface area contributed by atoms with E-state index < -0.39 is 29.7 Å². The van der Waals surface area contributed by atoms with Gasteiger partial charge in [-0.05, 0) is 109 Å². The van der Waals surface area contributed by atoms with Gasteiger partial charge in [0.25, 0.3) is 5.91 Å². The van der Waals surface area contributed by atoms with E-state index in [1.54, 1.807) is 59.5 Å². The van der Waals surface area contributed by atoms with Crippen molar-refractivity contribution in [1.82, 2.24) is 10.2 Å². The highest BCUT2D eigenvalue weighted by Crippen LogP contribution is 2.62. The third-order valence-electron chi connectivity index (χ3n) is 12.5. The number of fused-ring (bicyclic) bond motifs is 2. The van der Waals surface area contributed by atoms with Crippen LogP contribution in [0.5, 0.6) is 11.5 Å². The number of carbonyl (C=O) groups excluding carboxylic acids is 2. The first-order valence-electron chi connectivity index (χ1n) is 21.9. The van der Waals surface area contributed by atoms with Crippen LogP contribution in [0, 0.1) is 34.9 Å². The van der Waals surface area contributed by atoms with Gasteiger partial charge in [-0.15, -0.1) is 6.58 Å². The zero-order chi connectivity index (χ0) is 45.1. The topological polar surface area (TPSA) is 163 Å². The molecular weight excluding hydrogens is 816 g/mol. The van der Waals surface area contributed by atoms with Crippen LogP contribution in [0.25, 0.3) is 0 Å². The molecule has 0 bridgehead atoms. The van der Waals surface area contributed by atoms with Gasteiger partial charge in [-0.3, -0.25) is 4.79 Å². The van der Waals surface area contributed by atoms with Crippen molar-refractivity contribution in [1.29, 1.82) is 5.26 Å². The number of nitriles is 1. The number of rotatable bonds is 19. The number of halogens is 1. The Labute approximate surface area is 373 Å². The highest BCUT2D eigenvalue weighted by molar-refractivity contribution is 6.03. The van der Waals surface area contributed by atoms with Crippen LogP contribution in [0.2, 0.25) is 0 Å². The van der Waals surface area contributed by atoms with Crippen LogP contribution in [0.1, 0.15) is 83.5 Å². The molecule has 13 heteroatoms. The minimum atomic E-state index is -1.58. The summed E-state index contributed by atoms with van der Waals surface area (Å²) in [6, 6.07) is 28.4. The van der Waals surface area contributed by atoms with Crippen molar-refractivity contribution in [3.05, 3.63) is 155 Å². The monoisotopic (exact) mass is 870 g/mol. The Bertz CT molecular complexity index is 2350. The van der Waals surface area contributed by atoms with Crippen LogP contribution in [0.3, 0.4) is 0 Å². The Hall–Kier alpha value is -6.33. The summed E-state index contributed by atoms with van der Waals surface area (Å²) in [5.41, 5.74) is 4.50. The number of hydrogen-bond donors (Lipinski definition) is 3. The second-order valence-corrected chi connectivity index (χ2v) is 16.4. The van der Waals surface area contributed by atoms with Crippen molar-refractivity contribution in [3.63, 3.8) is 0 Å². The Kier molecular flexibility index (Phi) is 15.3. The van der Waals surface area contributed by atoms with Crippen molar-refractivity contribution in [2.24, 2.45) is 22.9 Å². The van der Waals surface area contributed by atoms with Crippen LogP contribution in [0.15, 0.2) is 127 Å². The fraction of sp³-hybridized carbons (Fsp3) is 0.373. The average Bonchev–Trinajstić information content (AvgIpc) is 3.32. The highest BCUT2D eigenvalue weighted by atomic mass is 19.1. The zero-order valence-electron chi connectivity index (χ0n) is 36.0. The largest absolute Gasteiger partial charge is 0.459 e. The zero-order valence-corrected chi connectivity index (χ0v) is 36.0. The predicted molar refractivity (Wildman–Crippen MR) is 239 cm³/mol. The van der Waals surface area contributed by atoms with Crippen molar-refractivity contribution in [2.45, 2.75) is 75.8 Å². The molecule has 4 aromatic carbocycles. The van der Waals surface area contributed by atoms with E-state index in [1.807, 2.05) is 36.4 Å². The Morgan fingerprint density at radius 3 is 2.41 bits per heavy atom. The number of amides is 2. The van der Waals surface area contributed by atoms with Crippen LogP contribution >= 0.6 is 0 Å². The Morgan fingerprint density at radius 2 is 1.72 bits per heavy atom. The van der Waals surface area contributed by atoms with Crippen LogP contribution in [0.4, 0.5) is 9.18 Å². The lowest BCUT2D eigenvalue weighted by Crippen LogP contribution is -2.70. The molecule has 1 saturated carbocycles. The minimum Gasteiger partial charge on any atom is -0.459 e. The van der Waals surface area contributed by atoms with Crippen LogP contribution in [-0.2, 0) is 22.7 Å². The molecule has 4 aromatic rings. The predicted octanol–water partition coefficient (Wildman–Crippen LogP) is 8.59. The van der Waals surface area contributed by atoms with Crippen LogP contribution < -0.4 is 14.8 Å². The van der Waals surface area contributed by atoms with Crippen molar-refractivity contribution in [2.75, 3.05) is 26.9 Å². The van der Waals surface area contributed by atoms with Crippen molar-refractivity contribution >= 4 is 17.7 Å². The summed E-state index contributed by atoms with van der Waals surface area (Å²) >= 11 is 0. The standard InChI is InChI=1S/C51H55FN4O8/c1-3-27-62-51-46(56(33-36-17-21-39(52)22-18-36)49(59)37-19-15-34(31-53)16-20-37)30-44(55-61-2)42-28-38(13-7-9-25-57)41(14-8-10-26-58)47(48(42)51)43-29-40(23-24-45(43)64-51)63-50(60)54-32-35-11-5-4-6-12-35/h3-6,11-12,15-24,28-29,38,41,46-48,57-58H,1,7-10,13-14,25-27,30,32-33H2,2H3,(H,54,60). The number of benzene rings is 4. The molecule has 6 unspecified atom stereocenters. The number of nitrogens with zero attached hydrogens (tertiary/aromatic N) is 3. The van der Waals surface area contributed by atoms with Gasteiger partial charge in [-0.25, -0.2) is 9.18 Å². The first-order chi connectivity index (χ1) is 31.2. The summed E-state index contributed by atoms with van der Waals surface area (Å²) in [6.07, 6.45) is 7.53. The molecule has 334 valence electrons. The van der Waals surface area contributed by atoms with E-state index in [0.717, 1.165) is 36.0 Å². The number of hydrogen-bond acceptors (Lipinski definition) is 10. The first-order valence-corrected chi connectivity index (χ1v) is 21.9. The number of aliphatic hydroxyl groups is 2. The molecule has 0 saturated heterocycles. The molecule has 1 aliphatic heterocycles. The molecule has 1 fully saturated rings. The van der Waals surface area contributed by atoms with E-state index in [0.29, 0.717) is 53.2 Å². The quantitative estimate of drug-likeness (QED) is 0.0476. The highest BCUT2D eigenvalue weighted by Gasteiger charge is 2.65. The van der Waals surface area contributed by atoms with Gasteiger partial charge >= 0.3 is 6.09 Å². The molecule has 7 rings (SSSR count). The number of ether oxygens (including phenoxy) is 3. The third-order valence-corrected chi connectivity index (χ3v) is 12.5. The maximum Gasteiger partial charge on any atom is 0.412 e. The molecule has 0 radical (unpaired) electrons. The molecule has 64 heavy (non-hydrogen) atoms. The van der Waals surface area contributed by atoms with Gasteiger partial charge in [-0.2, -0.15) is 5.26 Å². The third kappa shape index (κ3) is 10.0. The second kappa shape index (κ2) is 21.4. The normalized spacial score (nSPS) is 22.5. The fourth-order valence-corrected chi connectivity index (χ4v) is 9.70. The van der Waals surface area contributed by atoms with E-state index in [4.69, 9.17) is 19.0 Å². The van der Waals surface area contributed by atoms with Gasteiger partial charge < -0.3 is 39.5 Å². The number of oxime groups is 1. The summed E-state index contributed by atoms with van der Waals surface area (Å²) in [4.78, 5) is 35.7. The lowest BCUT2D eigenvalue weighted by molar-refractivity contribution is -0.255. The van der Waals surface area contributed by atoms with E-state index in [-0.39, 0.29) is 63.0 Å². The second-order valence-electron chi connectivity index (χ2n) is 16.4. The fourth-order valence-electron chi connectivity index (χ4n) is 9.70. The number of unbranched alkanes of at least 4 members (excludes halogenated alkanes) is 2. The summed E-state index contributed by atoms with van der Waals surface area (Å²) < 4.78 is 34.6. The van der Waals surface area contributed by atoms with E-state index in [2.05, 4.69) is 29.2 Å². The Morgan fingerprint density at radius 1 is 0.984 bits per heavy atom. The molecule has 0 aromatic heterocycles. The van der Waals surface area contributed by atoms with Gasteiger partial charge in [0, 0.05) is 49.8 Å². The molecule has 6 atom stereocenters. The smallest absolute Gasteiger partial charge is 0.412 e. The molecule has 2 aliphatic carbocycles. The molecule has 3 aliphatic rings.